The summed E-state index contributed by atoms with van der Waals surface area (Å²) in [4.78, 5) is 0. The fraction of sp³-hybridized carbons (Fsp3) is 0.357. The van der Waals surface area contributed by atoms with E-state index in [1.54, 1.807) is 0 Å². The van der Waals surface area contributed by atoms with E-state index >= 15 is 0 Å². The normalized spacial score (nSPS) is 16.5. The van der Waals surface area contributed by atoms with Crippen molar-refractivity contribution < 1.29 is 0 Å². The van der Waals surface area contributed by atoms with Gasteiger partial charge in [0.1, 0.15) is 5.82 Å². The fourth-order valence-electron chi connectivity index (χ4n) is 2.39. The van der Waals surface area contributed by atoms with Crippen molar-refractivity contribution in [1.82, 2.24) is 15.5 Å². The quantitative estimate of drug-likeness (QED) is 0.808. The first-order valence-electron chi connectivity index (χ1n) is 6.60. The number of nitrogens with one attached hydrogen (secondary N) is 3. The molecule has 0 atom stereocenters. The lowest BCUT2D eigenvalue weighted by atomic mass is 10.1. The number of aromatic nitrogens is 2. The van der Waals surface area contributed by atoms with Gasteiger partial charge in [0.05, 0.1) is 5.69 Å². The lowest BCUT2D eigenvalue weighted by Crippen LogP contribution is -2.35. The van der Waals surface area contributed by atoms with Crippen LogP contribution in [0.15, 0.2) is 30.3 Å². The molecule has 1 fully saturated rings. The maximum atomic E-state index is 6.18. The summed E-state index contributed by atoms with van der Waals surface area (Å²) in [6.07, 6.45) is 2.27. The highest BCUT2D eigenvalue weighted by molar-refractivity contribution is 6.33. The third-order valence-corrected chi connectivity index (χ3v) is 3.76. The van der Waals surface area contributed by atoms with Crippen molar-refractivity contribution in [2.45, 2.75) is 18.9 Å². The Morgan fingerprint density at radius 3 is 2.79 bits per heavy atom. The molecule has 1 saturated heterocycles. The molecular weight excluding hydrogens is 260 g/mol. The van der Waals surface area contributed by atoms with Crippen LogP contribution in [0.25, 0.3) is 11.3 Å². The average Bonchev–Trinajstić information content (AvgIpc) is 2.89. The Morgan fingerprint density at radius 1 is 1.21 bits per heavy atom. The highest BCUT2D eigenvalue weighted by Crippen LogP contribution is 2.27. The van der Waals surface area contributed by atoms with Gasteiger partial charge in [-0.05, 0) is 32.0 Å². The zero-order chi connectivity index (χ0) is 13.1. The number of rotatable bonds is 3. The lowest BCUT2D eigenvalue weighted by molar-refractivity contribution is 0.478. The zero-order valence-electron chi connectivity index (χ0n) is 10.6. The predicted molar refractivity (Wildman–Crippen MR) is 78.5 cm³/mol. The van der Waals surface area contributed by atoms with E-state index in [9.17, 15) is 0 Å². The Hall–Kier alpha value is -1.52. The molecule has 0 spiro atoms. The molecule has 0 aliphatic carbocycles. The Labute approximate surface area is 117 Å². The number of anilines is 1. The van der Waals surface area contributed by atoms with E-state index in [0.717, 1.165) is 48.0 Å². The van der Waals surface area contributed by atoms with E-state index in [0.29, 0.717) is 6.04 Å². The van der Waals surface area contributed by atoms with Crippen LogP contribution in [0.1, 0.15) is 12.8 Å². The molecular formula is C14H17ClN4. The number of nitrogens with zero attached hydrogens (tertiary/aromatic N) is 1. The van der Waals surface area contributed by atoms with Crippen molar-refractivity contribution in [2.24, 2.45) is 0 Å². The minimum absolute atomic E-state index is 0.503. The van der Waals surface area contributed by atoms with Crippen LogP contribution in [0, 0.1) is 0 Å². The molecule has 3 N–H and O–H groups in total. The van der Waals surface area contributed by atoms with Crippen LogP contribution in [0.4, 0.5) is 5.82 Å². The molecule has 2 aromatic rings. The molecule has 2 heterocycles. The summed E-state index contributed by atoms with van der Waals surface area (Å²) >= 11 is 6.18. The minimum Gasteiger partial charge on any atom is -0.366 e. The Morgan fingerprint density at radius 2 is 2.00 bits per heavy atom. The van der Waals surface area contributed by atoms with Crippen molar-refractivity contribution in [3.8, 4) is 11.3 Å². The maximum Gasteiger partial charge on any atom is 0.148 e. The molecule has 0 saturated carbocycles. The first-order valence-corrected chi connectivity index (χ1v) is 6.98. The summed E-state index contributed by atoms with van der Waals surface area (Å²) < 4.78 is 0. The van der Waals surface area contributed by atoms with Gasteiger partial charge in [-0.15, -0.1) is 0 Å². The third kappa shape index (κ3) is 2.91. The molecule has 1 aliphatic heterocycles. The Balaban J connectivity index is 1.74. The maximum absolute atomic E-state index is 6.18. The predicted octanol–water partition coefficient (Wildman–Crippen LogP) is 2.89. The molecule has 100 valence electrons. The second kappa shape index (κ2) is 5.63. The van der Waals surface area contributed by atoms with Crippen LogP contribution in [-0.4, -0.2) is 29.3 Å². The summed E-state index contributed by atoms with van der Waals surface area (Å²) in [6.45, 7) is 2.14. The van der Waals surface area contributed by atoms with Gasteiger partial charge in [-0.1, -0.05) is 29.8 Å². The van der Waals surface area contributed by atoms with E-state index in [1.165, 1.54) is 0 Å². The number of H-pyrrole nitrogens is 1. The number of hydrogen-bond donors (Lipinski definition) is 3. The van der Waals surface area contributed by atoms with E-state index in [-0.39, 0.29) is 0 Å². The van der Waals surface area contributed by atoms with Gasteiger partial charge in [0.25, 0.3) is 0 Å². The summed E-state index contributed by atoms with van der Waals surface area (Å²) in [5.74, 6) is 0.891. The molecule has 19 heavy (non-hydrogen) atoms. The van der Waals surface area contributed by atoms with E-state index < -0.39 is 0 Å². The first kappa shape index (κ1) is 12.5. The van der Waals surface area contributed by atoms with Gasteiger partial charge in [-0.25, -0.2) is 0 Å². The van der Waals surface area contributed by atoms with Gasteiger partial charge >= 0.3 is 0 Å². The van der Waals surface area contributed by atoms with Gasteiger partial charge in [0.2, 0.25) is 0 Å². The summed E-state index contributed by atoms with van der Waals surface area (Å²) in [7, 11) is 0. The monoisotopic (exact) mass is 276 g/mol. The molecule has 4 nitrogen and oxygen atoms in total. The smallest absolute Gasteiger partial charge is 0.148 e. The Kier molecular flexibility index (Phi) is 3.71. The average molecular weight is 277 g/mol. The van der Waals surface area contributed by atoms with Crippen molar-refractivity contribution in [3.63, 3.8) is 0 Å². The molecule has 0 amide bonds. The molecule has 0 bridgehead atoms. The fourth-order valence-corrected chi connectivity index (χ4v) is 2.63. The summed E-state index contributed by atoms with van der Waals surface area (Å²) in [6, 6.07) is 10.3. The van der Waals surface area contributed by atoms with Crippen LogP contribution in [0.5, 0.6) is 0 Å². The van der Waals surface area contributed by atoms with E-state index in [1.807, 2.05) is 30.3 Å². The number of benzene rings is 1. The van der Waals surface area contributed by atoms with E-state index in [4.69, 9.17) is 11.6 Å². The highest BCUT2D eigenvalue weighted by Gasteiger charge is 2.14. The van der Waals surface area contributed by atoms with Gasteiger partial charge in [-0.3, -0.25) is 5.10 Å². The molecule has 1 aromatic carbocycles. The van der Waals surface area contributed by atoms with Crippen LogP contribution >= 0.6 is 11.6 Å². The first-order chi connectivity index (χ1) is 9.33. The SMILES string of the molecule is Clc1ccccc1-c1cc(NC2CCNCC2)n[nH]1. The van der Waals surface area contributed by atoms with Crippen LogP contribution in [0.2, 0.25) is 5.02 Å². The topological polar surface area (TPSA) is 52.7 Å². The van der Waals surface area contributed by atoms with Crippen LogP contribution in [0.3, 0.4) is 0 Å². The lowest BCUT2D eigenvalue weighted by Gasteiger charge is -2.23. The highest BCUT2D eigenvalue weighted by atomic mass is 35.5. The van der Waals surface area contributed by atoms with Crippen molar-refractivity contribution >= 4 is 17.4 Å². The van der Waals surface area contributed by atoms with Gasteiger partial charge < -0.3 is 10.6 Å². The second-order valence-corrected chi connectivity index (χ2v) is 5.22. The van der Waals surface area contributed by atoms with Crippen molar-refractivity contribution in [2.75, 3.05) is 18.4 Å². The summed E-state index contributed by atoms with van der Waals surface area (Å²) in [5, 5.41) is 14.9. The van der Waals surface area contributed by atoms with E-state index in [2.05, 4.69) is 20.8 Å². The molecule has 1 aromatic heterocycles. The Bertz CT molecular complexity index is 546. The van der Waals surface area contributed by atoms with Gasteiger partial charge in [0, 0.05) is 22.7 Å². The molecule has 0 unspecified atom stereocenters. The van der Waals surface area contributed by atoms with Crippen LogP contribution < -0.4 is 10.6 Å². The van der Waals surface area contributed by atoms with Crippen molar-refractivity contribution in [1.29, 1.82) is 0 Å². The van der Waals surface area contributed by atoms with Gasteiger partial charge in [-0.2, -0.15) is 5.10 Å². The third-order valence-electron chi connectivity index (χ3n) is 3.43. The van der Waals surface area contributed by atoms with Gasteiger partial charge in [0.15, 0.2) is 0 Å². The molecule has 1 aliphatic rings. The zero-order valence-corrected chi connectivity index (χ0v) is 11.4. The van der Waals surface area contributed by atoms with Crippen LogP contribution in [-0.2, 0) is 0 Å². The molecule has 5 heteroatoms. The second-order valence-electron chi connectivity index (χ2n) is 4.82. The molecule has 0 radical (unpaired) electrons. The largest absolute Gasteiger partial charge is 0.366 e. The minimum atomic E-state index is 0.503. The summed E-state index contributed by atoms with van der Waals surface area (Å²) in [5.41, 5.74) is 1.93. The molecule has 3 rings (SSSR count). The van der Waals surface area contributed by atoms with Crippen molar-refractivity contribution in [3.05, 3.63) is 35.4 Å². The standard InChI is InChI=1S/C14H17ClN4/c15-12-4-2-1-3-11(12)13-9-14(19-18-13)17-10-5-7-16-8-6-10/h1-4,9-10,16H,5-8H2,(H2,17,18,19). The number of aromatic amines is 1. The number of halogens is 1. The number of hydrogen-bond acceptors (Lipinski definition) is 3. The number of piperidine rings is 1.